The molecule has 0 atom stereocenters. The number of carbonyl (C=O) groups is 3. The van der Waals surface area contributed by atoms with Crippen molar-refractivity contribution in [2.24, 2.45) is 0 Å². The zero-order valence-corrected chi connectivity index (χ0v) is 17.4. The third kappa shape index (κ3) is 6.31. The van der Waals surface area contributed by atoms with Crippen LogP contribution < -0.4 is 5.32 Å². The third-order valence-corrected chi connectivity index (χ3v) is 4.80. The summed E-state index contributed by atoms with van der Waals surface area (Å²) in [5.41, 5.74) is 0.324. The van der Waals surface area contributed by atoms with Crippen LogP contribution in [0, 0.1) is 0 Å². The fraction of sp³-hybridized carbons (Fsp3) is 0.389. The van der Waals surface area contributed by atoms with Crippen LogP contribution in [0.1, 0.15) is 39.2 Å². The Labute approximate surface area is 172 Å². The maximum Gasteiger partial charge on any atom is 0.412 e. The molecule has 2 amide bonds. The Hall–Kier alpha value is -2.46. The van der Waals surface area contributed by atoms with E-state index < -0.39 is 17.7 Å². The van der Waals surface area contributed by atoms with Crippen LogP contribution in [0.2, 0.25) is 0 Å². The summed E-state index contributed by atoms with van der Waals surface area (Å²) < 4.78 is 5.61. The lowest BCUT2D eigenvalue weighted by atomic mass is 10.2. The van der Waals surface area contributed by atoms with Crippen LogP contribution >= 0.6 is 24.0 Å². The minimum atomic E-state index is -0.921. The first kappa shape index (κ1) is 21.8. The molecule has 1 aromatic rings. The SMILES string of the molecule is CC(C)(C)OC(=O)Nc1cnccc1/C=C1\SC(=S)N(CCCC(=O)O)C1=O. The topological polar surface area (TPSA) is 109 Å². The van der Waals surface area contributed by atoms with Crippen LogP contribution in [0.3, 0.4) is 0 Å². The summed E-state index contributed by atoms with van der Waals surface area (Å²) in [4.78, 5) is 41.0. The lowest BCUT2D eigenvalue weighted by Gasteiger charge is -2.20. The van der Waals surface area contributed by atoms with Gasteiger partial charge in [0, 0.05) is 24.7 Å². The maximum absolute atomic E-state index is 12.6. The first-order chi connectivity index (χ1) is 13.1. The summed E-state index contributed by atoms with van der Waals surface area (Å²) in [6.45, 7) is 5.51. The van der Waals surface area contributed by atoms with Gasteiger partial charge in [0.1, 0.15) is 9.92 Å². The van der Waals surface area contributed by atoms with Crippen LogP contribution in [0.5, 0.6) is 0 Å². The second-order valence-corrected chi connectivity index (χ2v) is 8.60. The predicted molar refractivity (Wildman–Crippen MR) is 111 cm³/mol. The van der Waals surface area contributed by atoms with Gasteiger partial charge in [-0.05, 0) is 39.3 Å². The van der Waals surface area contributed by atoms with E-state index in [-0.39, 0.29) is 18.9 Å². The number of ether oxygens (including phenoxy) is 1. The number of thiocarbonyl (C=S) groups is 1. The molecule has 1 aliphatic rings. The Kier molecular flexibility index (Phi) is 7.14. The molecule has 150 valence electrons. The largest absolute Gasteiger partial charge is 0.481 e. The number of rotatable bonds is 6. The normalized spacial score (nSPS) is 15.8. The van der Waals surface area contributed by atoms with Crippen LogP contribution in [-0.4, -0.2) is 49.4 Å². The van der Waals surface area contributed by atoms with E-state index in [4.69, 9.17) is 22.1 Å². The van der Waals surface area contributed by atoms with Gasteiger partial charge in [-0.1, -0.05) is 24.0 Å². The number of thioether (sulfide) groups is 1. The standard InChI is InChI=1S/C18H21N3O5S2/c1-18(2,3)26-16(25)20-12-10-19-7-6-11(12)9-13-15(24)21(17(27)28-13)8-4-5-14(22)23/h6-7,9-10H,4-5,8H2,1-3H3,(H,20,25)(H,22,23)/b13-9-. The van der Waals surface area contributed by atoms with Crippen molar-refractivity contribution in [1.29, 1.82) is 0 Å². The van der Waals surface area contributed by atoms with Gasteiger partial charge in [-0.15, -0.1) is 0 Å². The molecular formula is C18H21N3O5S2. The molecule has 0 radical (unpaired) electrons. The molecule has 0 saturated carbocycles. The van der Waals surface area contributed by atoms with E-state index in [2.05, 4.69) is 10.3 Å². The number of hydrogen-bond acceptors (Lipinski definition) is 7. The number of aromatic nitrogens is 1. The molecule has 2 N–H and O–H groups in total. The van der Waals surface area contributed by atoms with Crippen molar-refractivity contribution >= 4 is 58.0 Å². The molecular weight excluding hydrogens is 402 g/mol. The Morgan fingerprint density at radius 2 is 2.14 bits per heavy atom. The summed E-state index contributed by atoms with van der Waals surface area (Å²) in [6.07, 6.45) is 4.27. The van der Waals surface area contributed by atoms with Crippen molar-refractivity contribution in [3.05, 3.63) is 28.9 Å². The zero-order valence-electron chi connectivity index (χ0n) is 15.7. The number of carboxylic acid groups (broad SMARTS) is 1. The Morgan fingerprint density at radius 1 is 1.43 bits per heavy atom. The summed E-state index contributed by atoms with van der Waals surface area (Å²) >= 11 is 6.36. The second kappa shape index (κ2) is 9.16. The second-order valence-electron chi connectivity index (χ2n) is 6.92. The highest BCUT2D eigenvalue weighted by Gasteiger charge is 2.32. The van der Waals surface area contributed by atoms with Crippen LogP contribution in [0.4, 0.5) is 10.5 Å². The van der Waals surface area contributed by atoms with Gasteiger partial charge < -0.3 is 9.84 Å². The van der Waals surface area contributed by atoms with Gasteiger partial charge in [-0.2, -0.15) is 0 Å². The molecule has 1 aromatic heterocycles. The number of aliphatic carboxylic acids is 1. The first-order valence-electron chi connectivity index (χ1n) is 8.48. The Morgan fingerprint density at radius 3 is 2.79 bits per heavy atom. The molecule has 2 heterocycles. The highest BCUT2D eigenvalue weighted by Crippen LogP contribution is 2.33. The van der Waals surface area contributed by atoms with Crippen LogP contribution in [0.15, 0.2) is 23.4 Å². The first-order valence-corrected chi connectivity index (χ1v) is 9.70. The lowest BCUT2D eigenvalue weighted by molar-refractivity contribution is -0.137. The number of carboxylic acids is 1. The number of carbonyl (C=O) groups excluding carboxylic acids is 2. The van der Waals surface area contributed by atoms with Gasteiger partial charge in [-0.3, -0.25) is 24.8 Å². The quantitative estimate of drug-likeness (QED) is 0.529. The van der Waals surface area contributed by atoms with Crippen molar-refractivity contribution in [3.8, 4) is 0 Å². The number of anilines is 1. The van der Waals surface area contributed by atoms with E-state index >= 15 is 0 Å². The van der Waals surface area contributed by atoms with Gasteiger partial charge in [0.25, 0.3) is 5.91 Å². The van der Waals surface area contributed by atoms with E-state index in [0.717, 1.165) is 11.8 Å². The van der Waals surface area contributed by atoms with E-state index in [0.29, 0.717) is 26.9 Å². The van der Waals surface area contributed by atoms with Gasteiger partial charge >= 0.3 is 12.1 Å². The monoisotopic (exact) mass is 423 g/mol. The molecule has 0 aliphatic carbocycles. The van der Waals surface area contributed by atoms with Crippen LogP contribution in [-0.2, 0) is 14.3 Å². The number of pyridine rings is 1. The number of nitrogens with one attached hydrogen (secondary N) is 1. The minimum Gasteiger partial charge on any atom is -0.481 e. The molecule has 0 unspecified atom stereocenters. The van der Waals surface area contributed by atoms with Gasteiger partial charge in [-0.25, -0.2) is 4.79 Å². The average molecular weight is 424 g/mol. The van der Waals surface area contributed by atoms with E-state index in [1.807, 2.05) is 0 Å². The molecule has 0 bridgehead atoms. The number of nitrogens with zero attached hydrogens (tertiary/aromatic N) is 2. The number of hydrogen-bond donors (Lipinski definition) is 2. The fourth-order valence-electron chi connectivity index (χ4n) is 2.27. The molecule has 10 heteroatoms. The van der Waals surface area contributed by atoms with Crippen LogP contribution in [0.25, 0.3) is 6.08 Å². The highest BCUT2D eigenvalue weighted by molar-refractivity contribution is 8.26. The summed E-state index contributed by atoms with van der Waals surface area (Å²) in [7, 11) is 0. The van der Waals surface area contributed by atoms with E-state index in [1.165, 1.54) is 11.1 Å². The van der Waals surface area contributed by atoms with E-state index in [9.17, 15) is 14.4 Å². The Balaban J connectivity index is 2.15. The predicted octanol–water partition coefficient (Wildman–Crippen LogP) is 3.49. The summed E-state index contributed by atoms with van der Waals surface area (Å²) in [5.74, 6) is -1.21. The van der Waals surface area contributed by atoms with Gasteiger partial charge in [0.05, 0.1) is 16.8 Å². The Bertz CT molecular complexity index is 833. The molecule has 1 aliphatic heterocycles. The summed E-state index contributed by atoms with van der Waals surface area (Å²) in [5, 5.41) is 11.4. The molecule has 0 aromatic carbocycles. The molecule has 1 fully saturated rings. The van der Waals surface area contributed by atoms with Crippen molar-refractivity contribution < 1.29 is 24.2 Å². The van der Waals surface area contributed by atoms with Gasteiger partial charge in [0.2, 0.25) is 0 Å². The lowest BCUT2D eigenvalue weighted by Crippen LogP contribution is -2.29. The fourth-order valence-corrected chi connectivity index (χ4v) is 3.57. The van der Waals surface area contributed by atoms with Crippen molar-refractivity contribution in [1.82, 2.24) is 9.88 Å². The van der Waals surface area contributed by atoms with Crippen molar-refractivity contribution in [2.75, 3.05) is 11.9 Å². The number of amides is 2. The molecule has 8 nitrogen and oxygen atoms in total. The minimum absolute atomic E-state index is 0.0373. The van der Waals surface area contributed by atoms with E-state index in [1.54, 1.807) is 39.1 Å². The van der Waals surface area contributed by atoms with Gasteiger partial charge in [0.15, 0.2) is 0 Å². The zero-order chi connectivity index (χ0) is 20.9. The smallest absolute Gasteiger partial charge is 0.412 e. The van der Waals surface area contributed by atoms with Crippen molar-refractivity contribution in [3.63, 3.8) is 0 Å². The summed E-state index contributed by atoms with van der Waals surface area (Å²) in [6, 6.07) is 1.66. The molecule has 2 rings (SSSR count). The average Bonchev–Trinajstić information content (AvgIpc) is 2.82. The molecule has 28 heavy (non-hydrogen) atoms. The maximum atomic E-state index is 12.6. The molecule has 0 spiro atoms. The molecule has 1 saturated heterocycles. The van der Waals surface area contributed by atoms with Crippen molar-refractivity contribution in [2.45, 2.75) is 39.2 Å². The third-order valence-electron chi connectivity index (χ3n) is 3.42. The highest BCUT2D eigenvalue weighted by atomic mass is 32.2.